The van der Waals surface area contributed by atoms with E-state index in [0.29, 0.717) is 22.8 Å². The first-order chi connectivity index (χ1) is 11.0. The van der Waals surface area contributed by atoms with Gasteiger partial charge in [0.05, 0.1) is 10.4 Å². The molecular weight excluding hydrogens is 320 g/mol. The lowest BCUT2D eigenvalue weighted by Gasteiger charge is -2.09. The van der Waals surface area contributed by atoms with Crippen molar-refractivity contribution in [2.45, 2.75) is 13.5 Å². The second kappa shape index (κ2) is 6.21. The Kier molecular flexibility index (Phi) is 4.12. The van der Waals surface area contributed by atoms with Crippen LogP contribution < -0.4 is 9.47 Å². The Balaban J connectivity index is 1.82. The lowest BCUT2D eigenvalue weighted by Crippen LogP contribution is -2.17. The maximum atomic E-state index is 12.6. The van der Waals surface area contributed by atoms with Crippen molar-refractivity contribution < 1.29 is 28.6 Å². The van der Waals surface area contributed by atoms with E-state index >= 15 is 0 Å². The first-order valence-corrected chi connectivity index (χ1v) is 7.64. The van der Waals surface area contributed by atoms with Crippen LogP contribution in [0.4, 0.5) is 0 Å². The standard InChI is InChI=1S/C16H12O6S/c1-9(17)20-8-14(18)22-11-2-3-13-12(6-11)15(19)16-10(7-21-13)4-5-23-16/h2-6H,7-8H2,1H3. The number of esters is 2. The van der Waals surface area contributed by atoms with Gasteiger partial charge in [-0.2, -0.15) is 0 Å². The van der Waals surface area contributed by atoms with E-state index in [-0.39, 0.29) is 11.5 Å². The van der Waals surface area contributed by atoms with E-state index in [1.54, 1.807) is 6.07 Å². The molecule has 6 nitrogen and oxygen atoms in total. The molecule has 0 bridgehead atoms. The van der Waals surface area contributed by atoms with E-state index in [1.807, 2.05) is 11.4 Å². The minimum atomic E-state index is -0.723. The first kappa shape index (κ1) is 15.2. The van der Waals surface area contributed by atoms with Crippen LogP contribution in [0.1, 0.15) is 27.7 Å². The van der Waals surface area contributed by atoms with E-state index < -0.39 is 18.5 Å². The van der Waals surface area contributed by atoms with Crippen LogP contribution in [0.3, 0.4) is 0 Å². The molecule has 118 valence electrons. The van der Waals surface area contributed by atoms with Gasteiger partial charge in [0, 0.05) is 12.5 Å². The number of carbonyl (C=O) groups is 3. The Morgan fingerprint density at radius 1 is 1.30 bits per heavy atom. The van der Waals surface area contributed by atoms with Gasteiger partial charge in [-0.3, -0.25) is 9.59 Å². The van der Waals surface area contributed by atoms with Crippen molar-refractivity contribution in [3.63, 3.8) is 0 Å². The van der Waals surface area contributed by atoms with Gasteiger partial charge in [-0.1, -0.05) is 0 Å². The third kappa shape index (κ3) is 3.24. The zero-order valence-electron chi connectivity index (χ0n) is 12.2. The molecule has 0 atom stereocenters. The molecule has 3 rings (SSSR count). The van der Waals surface area contributed by atoms with E-state index in [1.165, 1.54) is 30.4 Å². The van der Waals surface area contributed by atoms with Gasteiger partial charge >= 0.3 is 11.9 Å². The summed E-state index contributed by atoms with van der Waals surface area (Å²) in [6.45, 7) is 1.04. The molecule has 0 saturated carbocycles. The van der Waals surface area contributed by atoms with Crippen LogP contribution >= 0.6 is 11.3 Å². The van der Waals surface area contributed by atoms with Gasteiger partial charge in [0.1, 0.15) is 18.1 Å². The Labute approximate surface area is 135 Å². The predicted molar refractivity (Wildman–Crippen MR) is 80.8 cm³/mol. The molecule has 23 heavy (non-hydrogen) atoms. The Hall–Kier alpha value is -2.67. The second-order valence-corrected chi connectivity index (χ2v) is 5.72. The van der Waals surface area contributed by atoms with E-state index in [2.05, 4.69) is 4.74 Å². The number of carbonyl (C=O) groups excluding carboxylic acids is 3. The van der Waals surface area contributed by atoms with Gasteiger partial charge in [0.25, 0.3) is 0 Å². The summed E-state index contributed by atoms with van der Waals surface area (Å²) in [5.74, 6) is -0.826. The van der Waals surface area contributed by atoms with Gasteiger partial charge in [0.2, 0.25) is 5.78 Å². The van der Waals surface area contributed by atoms with Crippen LogP contribution in [0.2, 0.25) is 0 Å². The fourth-order valence-corrected chi connectivity index (χ4v) is 2.99. The summed E-state index contributed by atoms with van der Waals surface area (Å²) in [6, 6.07) is 6.41. The third-order valence-corrected chi connectivity index (χ3v) is 4.11. The SMILES string of the molecule is CC(=O)OCC(=O)Oc1ccc2c(c1)C(=O)c1sccc1CO2. The van der Waals surface area contributed by atoms with Crippen LogP contribution in [-0.2, 0) is 20.9 Å². The Morgan fingerprint density at radius 3 is 2.91 bits per heavy atom. The highest BCUT2D eigenvalue weighted by Crippen LogP contribution is 2.33. The highest BCUT2D eigenvalue weighted by Gasteiger charge is 2.24. The molecule has 0 aliphatic carbocycles. The van der Waals surface area contributed by atoms with Crippen LogP contribution in [0, 0.1) is 0 Å². The van der Waals surface area contributed by atoms with Gasteiger partial charge in [-0.05, 0) is 29.6 Å². The highest BCUT2D eigenvalue weighted by molar-refractivity contribution is 7.12. The number of ketones is 1. The smallest absolute Gasteiger partial charge is 0.349 e. The number of thiophene rings is 1. The minimum Gasteiger partial charge on any atom is -0.488 e. The molecule has 0 saturated heterocycles. The van der Waals surface area contributed by atoms with Crippen molar-refractivity contribution in [3.05, 3.63) is 45.6 Å². The van der Waals surface area contributed by atoms with Gasteiger partial charge in [-0.25, -0.2) is 4.79 Å². The summed E-state index contributed by atoms with van der Waals surface area (Å²) < 4.78 is 15.2. The molecule has 7 heteroatoms. The van der Waals surface area contributed by atoms with E-state index in [9.17, 15) is 14.4 Å². The maximum Gasteiger partial charge on any atom is 0.349 e. The number of rotatable bonds is 3. The molecule has 0 radical (unpaired) electrons. The molecular formula is C16H12O6S. The molecule has 2 aromatic rings. The fourth-order valence-electron chi connectivity index (χ4n) is 2.12. The number of ether oxygens (including phenoxy) is 3. The summed E-state index contributed by atoms with van der Waals surface area (Å²) >= 11 is 1.35. The van der Waals surface area contributed by atoms with Crippen LogP contribution in [0.15, 0.2) is 29.6 Å². The largest absolute Gasteiger partial charge is 0.488 e. The molecule has 0 spiro atoms. The van der Waals surface area contributed by atoms with Crippen LogP contribution in [-0.4, -0.2) is 24.3 Å². The van der Waals surface area contributed by atoms with Crippen LogP contribution in [0.5, 0.6) is 11.5 Å². The average Bonchev–Trinajstić information content (AvgIpc) is 2.95. The second-order valence-electron chi connectivity index (χ2n) is 4.81. The molecule has 0 amide bonds. The number of hydrogen-bond donors (Lipinski definition) is 0. The van der Waals surface area contributed by atoms with Gasteiger partial charge in [-0.15, -0.1) is 11.3 Å². The molecule has 1 aliphatic rings. The fraction of sp³-hybridized carbons (Fsp3) is 0.188. The predicted octanol–water partition coefficient (Wildman–Crippen LogP) is 2.34. The van der Waals surface area contributed by atoms with Gasteiger partial charge in [0.15, 0.2) is 6.61 Å². The number of benzene rings is 1. The van der Waals surface area contributed by atoms with E-state index in [0.717, 1.165) is 5.56 Å². The maximum absolute atomic E-state index is 12.6. The average molecular weight is 332 g/mol. The van der Waals surface area contributed by atoms with Crippen molar-refractivity contribution in [3.8, 4) is 11.5 Å². The zero-order valence-corrected chi connectivity index (χ0v) is 13.0. The molecule has 1 aromatic carbocycles. The zero-order chi connectivity index (χ0) is 16.4. The summed E-state index contributed by atoms with van der Waals surface area (Å²) in [7, 11) is 0. The van der Waals surface area contributed by atoms with Crippen LogP contribution in [0.25, 0.3) is 0 Å². The summed E-state index contributed by atoms with van der Waals surface area (Å²) in [6.07, 6.45) is 0. The summed E-state index contributed by atoms with van der Waals surface area (Å²) in [5, 5.41) is 1.83. The van der Waals surface area contributed by atoms with E-state index in [4.69, 9.17) is 9.47 Å². The normalized spacial score (nSPS) is 12.5. The highest BCUT2D eigenvalue weighted by atomic mass is 32.1. The van der Waals surface area contributed by atoms with Gasteiger partial charge < -0.3 is 14.2 Å². The molecule has 1 aliphatic heterocycles. The van der Waals surface area contributed by atoms with Crippen molar-refractivity contribution in [2.75, 3.05) is 6.61 Å². The monoisotopic (exact) mass is 332 g/mol. The van der Waals surface area contributed by atoms with Crippen molar-refractivity contribution in [1.82, 2.24) is 0 Å². The van der Waals surface area contributed by atoms with Crippen molar-refractivity contribution >= 4 is 29.1 Å². The number of hydrogen-bond acceptors (Lipinski definition) is 7. The summed E-state index contributed by atoms with van der Waals surface area (Å²) in [5.41, 5.74) is 1.17. The molecule has 0 N–H and O–H groups in total. The summed E-state index contributed by atoms with van der Waals surface area (Å²) in [4.78, 5) is 35.4. The molecule has 0 fully saturated rings. The molecule has 2 heterocycles. The Bertz CT molecular complexity index is 792. The quantitative estimate of drug-likeness (QED) is 0.634. The lowest BCUT2D eigenvalue weighted by molar-refractivity contribution is -0.152. The Morgan fingerprint density at radius 2 is 2.13 bits per heavy atom. The van der Waals surface area contributed by atoms with Crippen molar-refractivity contribution in [1.29, 1.82) is 0 Å². The molecule has 1 aromatic heterocycles. The third-order valence-electron chi connectivity index (χ3n) is 3.16. The minimum absolute atomic E-state index is 0.166. The lowest BCUT2D eigenvalue weighted by atomic mass is 10.1. The first-order valence-electron chi connectivity index (χ1n) is 6.76. The molecule has 0 unspecified atom stereocenters. The topological polar surface area (TPSA) is 78.9 Å². The van der Waals surface area contributed by atoms with Crippen molar-refractivity contribution in [2.24, 2.45) is 0 Å². The number of fused-ring (bicyclic) bond motifs is 2.